The maximum atomic E-state index is 6.08. The Kier molecular flexibility index (Phi) is 2.94. The smallest absolute Gasteiger partial charge is 0.242 e. The third-order valence-corrected chi connectivity index (χ3v) is 2.73. The van der Waals surface area contributed by atoms with E-state index in [0.717, 1.165) is 11.0 Å². The number of aromatic nitrogens is 5. The Bertz CT molecular complexity index is 751. The van der Waals surface area contributed by atoms with Crippen molar-refractivity contribution in [2.75, 3.05) is 5.73 Å². The van der Waals surface area contributed by atoms with Crippen LogP contribution in [0.3, 0.4) is 0 Å². The minimum atomic E-state index is -0.0208. The van der Waals surface area contributed by atoms with Crippen molar-refractivity contribution in [2.45, 2.75) is 20.0 Å². The summed E-state index contributed by atoms with van der Waals surface area (Å²) < 4.78 is 7.14. The Morgan fingerprint density at radius 1 is 1.20 bits per heavy atom. The van der Waals surface area contributed by atoms with E-state index in [1.54, 1.807) is 4.68 Å². The summed E-state index contributed by atoms with van der Waals surface area (Å²) in [5.41, 5.74) is 8.02. The van der Waals surface area contributed by atoms with Crippen molar-refractivity contribution in [3.05, 3.63) is 30.6 Å². The normalized spacial score (nSPS) is 11.2. The minimum Gasteiger partial charge on any atom is -0.473 e. The number of nitrogens with two attached hydrogens (primary N) is 1. The van der Waals surface area contributed by atoms with E-state index in [4.69, 9.17) is 10.5 Å². The molecule has 0 fully saturated rings. The highest BCUT2D eigenvalue weighted by atomic mass is 16.5. The third kappa shape index (κ3) is 2.03. The first kappa shape index (κ1) is 12.3. The van der Waals surface area contributed by atoms with Gasteiger partial charge in [-0.05, 0) is 26.0 Å². The molecule has 0 spiro atoms. The highest BCUT2D eigenvalue weighted by molar-refractivity contribution is 5.77. The first-order chi connectivity index (χ1) is 9.66. The number of para-hydroxylation sites is 1. The van der Waals surface area contributed by atoms with Crippen molar-refractivity contribution in [2.24, 2.45) is 0 Å². The van der Waals surface area contributed by atoms with E-state index in [9.17, 15) is 0 Å². The van der Waals surface area contributed by atoms with Gasteiger partial charge in [0.2, 0.25) is 5.88 Å². The SMILES string of the molecule is CC(C)Oc1ncnc(-n2nnc3ccccc32)c1N. The van der Waals surface area contributed by atoms with E-state index in [1.807, 2.05) is 38.1 Å². The van der Waals surface area contributed by atoms with E-state index in [-0.39, 0.29) is 6.10 Å². The molecule has 102 valence electrons. The summed E-state index contributed by atoms with van der Waals surface area (Å²) in [5.74, 6) is 0.814. The van der Waals surface area contributed by atoms with Crippen LogP contribution in [0.5, 0.6) is 5.88 Å². The molecule has 0 radical (unpaired) electrons. The summed E-state index contributed by atoms with van der Waals surface area (Å²) in [7, 11) is 0. The number of fused-ring (bicyclic) bond motifs is 1. The molecule has 0 aliphatic carbocycles. The zero-order valence-electron chi connectivity index (χ0n) is 11.2. The zero-order valence-corrected chi connectivity index (χ0v) is 11.2. The molecule has 0 bridgehead atoms. The Hall–Kier alpha value is -2.70. The van der Waals surface area contributed by atoms with Gasteiger partial charge in [-0.3, -0.25) is 0 Å². The van der Waals surface area contributed by atoms with E-state index >= 15 is 0 Å². The minimum absolute atomic E-state index is 0.0208. The van der Waals surface area contributed by atoms with Crippen LogP contribution in [0.2, 0.25) is 0 Å². The lowest BCUT2D eigenvalue weighted by molar-refractivity contribution is 0.233. The van der Waals surface area contributed by atoms with Gasteiger partial charge in [0.1, 0.15) is 17.5 Å². The molecule has 0 unspecified atom stereocenters. The second-order valence-corrected chi connectivity index (χ2v) is 4.57. The van der Waals surface area contributed by atoms with Gasteiger partial charge in [0, 0.05) is 0 Å². The molecule has 1 aromatic carbocycles. The number of hydrogen-bond acceptors (Lipinski definition) is 6. The molecule has 0 atom stereocenters. The average Bonchev–Trinajstić information content (AvgIpc) is 2.85. The molecule has 3 aromatic rings. The van der Waals surface area contributed by atoms with E-state index in [1.165, 1.54) is 6.33 Å². The standard InChI is InChI=1S/C13H14N6O/c1-8(2)20-13-11(14)12(15-7-16-13)19-10-6-4-3-5-9(10)17-18-19/h3-8H,14H2,1-2H3. The van der Waals surface area contributed by atoms with Gasteiger partial charge in [-0.2, -0.15) is 9.67 Å². The predicted molar refractivity (Wildman–Crippen MR) is 74.6 cm³/mol. The summed E-state index contributed by atoms with van der Waals surface area (Å²) in [4.78, 5) is 8.23. The van der Waals surface area contributed by atoms with Gasteiger partial charge in [-0.15, -0.1) is 5.10 Å². The van der Waals surface area contributed by atoms with Gasteiger partial charge < -0.3 is 10.5 Å². The lowest BCUT2D eigenvalue weighted by Crippen LogP contribution is -2.12. The monoisotopic (exact) mass is 270 g/mol. The first-order valence-corrected chi connectivity index (χ1v) is 6.24. The molecule has 0 saturated heterocycles. The van der Waals surface area contributed by atoms with Crippen LogP contribution >= 0.6 is 0 Å². The largest absolute Gasteiger partial charge is 0.473 e. The van der Waals surface area contributed by atoms with Gasteiger partial charge in [-0.1, -0.05) is 17.3 Å². The van der Waals surface area contributed by atoms with Crippen LogP contribution in [0.4, 0.5) is 5.69 Å². The summed E-state index contributed by atoms with van der Waals surface area (Å²) in [6, 6.07) is 7.59. The van der Waals surface area contributed by atoms with Crippen molar-refractivity contribution in [1.82, 2.24) is 25.0 Å². The molecule has 3 rings (SSSR count). The van der Waals surface area contributed by atoms with Crippen LogP contribution in [0.15, 0.2) is 30.6 Å². The third-order valence-electron chi connectivity index (χ3n) is 2.73. The molecule has 2 aromatic heterocycles. The van der Waals surface area contributed by atoms with Gasteiger partial charge in [0.25, 0.3) is 0 Å². The molecule has 0 amide bonds. The number of nitrogens with zero attached hydrogens (tertiary/aromatic N) is 5. The fourth-order valence-electron chi connectivity index (χ4n) is 1.88. The molecule has 0 saturated carbocycles. The van der Waals surface area contributed by atoms with Crippen LogP contribution in [-0.4, -0.2) is 31.1 Å². The van der Waals surface area contributed by atoms with Gasteiger partial charge in [0.05, 0.1) is 11.6 Å². The number of rotatable bonds is 3. The molecule has 7 nitrogen and oxygen atoms in total. The number of benzene rings is 1. The van der Waals surface area contributed by atoms with Crippen LogP contribution in [0.25, 0.3) is 16.9 Å². The second kappa shape index (κ2) is 4.76. The molecule has 7 heteroatoms. The van der Waals surface area contributed by atoms with E-state index in [2.05, 4.69) is 20.3 Å². The molecule has 2 heterocycles. The predicted octanol–water partition coefficient (Wildman–Crippen LogP) is 1.58. The van der Waals surface area contributed by atoms with Crippen molar-refractivity contribution in [3.8, 4) is 11.7 Å². The number of anilines is 1. The molecule has 20 heavy (non-hydrogen) atoms. The fraction of sp³-hybridized carbons (Fsp3) is 0.231. The molecule has 0 aliphatic rings. The Balaban J connectivity index is 2.15. The number of nitrogen functional groups attached to an aromatic ring is 1. The summed E-state index contributed by atoms with van der Waals surface area (Å²) >= 11 is 0. The average molecular weight is 270 g/mol. The lowest BCUT2D eigenvalue weighted by Gasteiger charge is -2.12. The summed E-state index contributed by atoms with van der Waals surface area (Å²) in [6.45, 7) is 3.82. The quantitative estimate of drug-likeness (QED) is 0.776. The Labute approximate surface area is 115 Å². The van der Waals surface area contributed by atoms with Crippen molar-refractivity contribution in [1.29, 1.82) is 0 Å². The van der Waals surface area contributed by atoms with Crippen LogP contribution in [0, 0.1) is 0 Å². The highest BCUT2D eigenvalue weighted by Crippen LogP contribution is 2.26. The number of ether oxygens (including phenoxy) is 1. The van der Waals surface area contributed by atoms with Crippen molar-refractivity contribution < 1.29 is 4.74 Å². The van der Waals surface area contributed by atoms with E-state index < -0.39 is 0 Å². The molecular formula is C13H14N6O. The second-order valence-electron chi connectivity index (χ2n) is 4.57. The lowest BCUT2D eigenvalue weighted by atomic mass is 10.3. The van der Waals surface area contributed by atoms with E-state index in [0.29, 0.717) is 17.4 Å². The van der Waals surface area contributed by atoms with Crippen molar-refractivity contribution in [3.63, 3.8) is 0 Å². The zero-order chi connectivity index (χ0) is 14.1. The molecule has 2 N–H and O–H groups in total. The fourth-order valence-corrected chi connectivity index (χ4v) is 1.88. The van der Waals surface area contributed by atoms with Crippen molar-refractivity contribution >= 4 is 16.7 Å². The van der Waals surface area contributed by atoms with Crippen LogP contribution in [0.1, 0.15) is 13.8 Å². The van der Waals surface area contributed by atoms with Gasteiger partial charge in [-0.25, -0.2) is 4.98 Å². The Morgan fingerprint density at radius 3 is 2.80 bits per heavy atom. The van der Waals surface area contributed by atoms with Gasteiger partial charge >= 0.3 is 0 Å². The summed E-state index contributed by atoms with van der Waals surface area (Å²) in [6.07, 6.45) is 1.38. The summed E-state index contributed by atoms with van der Waals surface area (Å²) in [5, 5.41) is 8.17. The molecular weight excluding hydrogens is 256 g/mol. The van der Waals surface area contributed by atoms with Gasteiger partial charge in [0.15, 0.2) is 5.82 Å². The highest BCUT2D eigenvalue weighted by Gasteiger charge is 2.15. The van der Waals surface area contributed by atoms with Crippen LogP contribution in [-0.2, 0) is 0 Å². The maximum absolute atomic E-state index is 6.08. The van der Waals surface area contributed by atoms with Crippen LogP contribution < -0.4 is 10.5 Å². The molecule has 0 aliphatic heterocycles. The number of hydrogen-bond donors (Lipinski definition) is 1. The first-order valence-electron chi connectivity index (χ1n) is 6.24. The maximum Gasteiger partial charge on any atom is 0.242 e. The Morgan fingerprint density at radius 2 is 2.00 bits per heavy atom. The topological polar surface area (TPSA) is 91.7 Å².